The molecule has 0 saturated carbocycles. The van der Waals surface area contributed by atoms with Crippen LogP contribution in [0.2, 0.25) is 0 Å². The molecule has 0 aliphatic carbocycles. The first-order chi connectivity index (χ1) is 7.65. The Morgan fingerprint density at radius 1 is 1.44 bits per heavy atom. The molecule has 1 amide bonds. The Labute approximate surface area is 102 Å². The van der Waals surface area contributed by atoms with Crippen LogP contribution in [0.3, 0.4) is 0 Å². The Bertz CT molecular complexity index is 225. The lowest BCUT2D eigenvalue weighted by atomic mass is 10.0. The fourth-order valence-corrected chi connectivity index (χ4v) is 3.37. The molecule has 94 valence electrons. The number of hydrogen-bond donors (Lipinski definition) is 3. The van der Waals surface area contributed by atoms with E-state index in [2.05, 4.69) is 5.32 Å². The summed E-state index contributed by atoms with van der Waals surface area (Å²) in [5.74, 6) is 1.13. The first-order valence-electron chi connectivity index (χ1n) is 6.04. The van der Waals surface area contributed by atoms with Gasteiger partial charge in [-0.2, -0.15) is 11.8 Å². The first-order valence-corrected chi connectivity index (χ1v) is 7.09. The van der Waals surface area contributed by atoms with Crippen LogP contribution in [0.1, 0.15) is 32.6 Å². The van der Waals surface area contributed by atoms with Gasteiger partial charge in [-0.1, -0.05) is 6.42 Å². The van der Waals surface area contributed by atoms with Crippen molar-refractivity contribution in [3.63, 3.8) is 0 Å². The maximum atomic E-state index is 11.2. The van der Waals surface area contributed by atoms with Crippen LogP contribution < -0.4 is 16.8 Å². The van der Waals surface area contributed by atoms with Gasteiger partial charge in [0.05, 0.1) is 0 Å². The van der Waals surface area contributed by atoms with Crippen molar-refractivity contribution in [1.29, 1.82) is 0 Å². The second-order valence-corrected chi connectivity index (χ2v) is 5.58. The highest BCUT2D eigenvalue weighted by Crippen LogP contribution is 2.28. The molecule has 5 N–H and O–H groups in total. The zero-order chi connectivity index (χ0) is 12.0. The Kier molecular flexibility index (Phi) is 6.16. The summed E-state index contributed by atoms with van der Waals surface area (Å²) in [6.07, 6.45) is 3.73. The van der Waals surface area contributed by atoms with Gasteiger partial charge in [0.15, 0.2) is 0 Å². The van der Waals surface area contributed by atoms with Crippen LogP contribution in [0.4, 0.5) is 0 Å². The average molecular weight is 245 g/mol. The van der Waals surface area contributed by atoms with Crippen LogP contribution >= 0.6 is 11.8 Å². The van der Waals surface area contributed by atoms with Crippen LogP contribution in [-0.4, -0.2) is 35.5 Å². The Morgan fingerprint density at radius 3 is 2.75 bits per heavy atom. The molecular weight excluding hydrogens is 222 g/mol. The van der Waals surface area contributed by atoms with E-state index < -0.39 is 0 Å². The normalized spacial score (nSPS) is 29.3. The molecule has 16 heavy (non-hydrogen) atoms. The molecule has 1 aliphatic rings. The zero-order valence-electron chi connectivity index (χ0n) is 9.95. The lowest BCUT2D eigenvalue weighted by Crippen LogP contribution is -2.43. The highest BCUT2D eigenvalue weighted by molar-refractivity contribution is 8.00. The lowest BCUT2D eigenvalue weighted by Gasteiger charge is -2.16. The van der Waals surface area contributed by atoms with Crippen LogP contribution in [0, 0.1) is 0 Å². The quantitative estimate of drug-likeness (QED) is 0.594. The van der Waals surface area contributed by atoms with E-state index in [1.165, 1.54) is 0 Å². The van der Waals surface area contributed by atoms with Crippen molar-refractivity contribution in [2.45, 2.75) is 49.9 Å². The Balaban J connectivity index is 2.05. The molecule has 3 atom stereocenters. The maximum absolute atomic E-state index is 11.2. The molecule has 0 aromatic carbocycles. The number of nitrogens with two attached hydrogens (primary N) is 2. The number of thioether (sulfide) groups is 1. The summed E-state index contributed by atoms with van der Waals surface area (Å²) in [6, 6.07) is 0.285. The number of unbranched alkanes of at least 4 members (excludes halogenated alkanes) is 1. The van der Waals surface area contributed by atoms with Gasteiger partial charge in [0.25, 0.3) is 0 Å². The minimum absolute atomic E-state index is 0.134. The number of carbonyl (C=O) groups excluding carboxylic acids is 1. The second-order valence-electron chi connectivity index (χ2n) is 4.31. The van der Waals surface area contributed by atoms with Crippen molar-refractivity contribution in [2.75, 3.05) is 12.3 Å². The summed E-state index contributed by atoms with van der Waals surface area (Å²) in [5, 5.41) is 3.29. The van der Waals surface area contributed by atoms with Crippen LogP contribution in [0.15, 0.2) is 0 Å². The summed E-state index contributed by atoms with van der Waals surface area (Å²) < 4.78 is 0. The van der Waals surface area contributed by atoms with Crippen LogP contribution in [0.25, 0.3) is 0 Å². The van der Waals surface area contributed by atoms with Crippen LogP contribution in [0.5, 0.6) is 0 Å². The maximum Gasteiger partial charge on any atom is 0.219 e. The topological polar surface area (TPSA) is 81.1 Å². The SMILES string of the molecule is CCNC(=O)CCCCC1SCC(N)C1N. The zero-order valence-corrected chi connectivity index (χ0v) is 10.8. The number of hydrogen-bond acceptors (Lipinski definition) is 4. The molecule has 1 rings (SSSR count). The van der Waals surface area contributed by atoms with E-state index >= 15 is 0 Å². The van der Waals surface area contributed by atoms with Gasteiger partial charge in [-0.05, 0) is 19.8 Å². The van der Waals surface area contributed by atoms with Crippen molar-refractivity contribution >= 4 is 17.7 Å². The summed E-state index contributed by atoms with van der Waals surface area (Å²) in [6.45, 7) is 2.66. The van der Waals surface area contributed by atoms with Gasteiger partial charge >= 0.3 is 0 Å². The third-order valence-electron chi connectivity index (χ3n) is 2.94. The Hall–Kier alpha value is -0.260. The summed E-state index contributed by atoms with van der Waals surface area (Å²) in [5.41, 5.74) is 11.8. The predicted molar refractivity (Wildman–Crippen MR) is 69.3 cm³/mol. The first kappa shape index (κ1) is 13.8. The molecule has 1 heterocycles. The van der Waals surface area contributed by atoms with E-state index in [9.17, 15) is 4.79 Å². The molecule has 4 nitrogen and oxygen atoms in total. The minimum Gasteiger partial charge on any atom is -0.356 e. The van der Waals surface area contributed by atoms with E-state index in [1.807, 2.05) is 18.7 Å². The molecule has 3 unspecified atom stereocenters. The van der Waals surface area contributed by atoms with Crippen molar-refractivity contribution in [2.24, 2.45) is 11.5 Å². The molecule has 1 aliphatic heterocycles. The van der Waals surface area contributed by atoms with Gasteiger partial charge < -0.3 is 16.8 Å². The molecule has 5 heteroatoms. The highest BCUT2D eigenvalue weighted by atomic mass is 32.2. The number of rotatable bonds is 6. The molecule has 1 saturated heterocycles. The largest absolute Gasteiger partial charge is 0.356 e. The van der Waals surface area contributed by atoms with E-state index in [0.717, 1.165) is 31.6 Å². The molecule has 0 aromatic rings. The average Bonchev–Trinajstić information content (AvgIpc) is 2.56. The molecule has 1 fully saturated rings. The third kappa shape index (κ3) is 4.31. The fraction of sp³-hybridized carbons (Fsp3) is 0.909. The molecule has 0 radical (unpaired) electrons. The van der Waals surface area contributed by atoms with Crippen LogP contribution in [-0.2, 0) is 4.79 Å². The smallest absolute Gasteiger partial charge is 0.219 e. The predicted octanol–water partition coefficient (Wildman–Crippen LogP) is 0.453. The van der Waals surface area contributed by atoms with Crippen molar-refractivity contribution < 1.29 is 4.79 Å². The number of carbonyl (C=O) groups is 1. The molecule has 0 bridgehead atoms. The number of nitrogens with one attached hydrogen (secondary N) is 1. The summed E-state index contributed by atoms with van der Waals surface area (Å²) >= 11 is 1.88. The summed E-state index contributed by atoms with van der Waals surface area (Å²) in [7, 11) is 0. The van der Waals surface area contributed by atoms with Crippen molar-refractivity contribution in [3.05, 3.63) is 0 Å². The van der Waals surface area contributed by atoms with Gasteiger partial charge in [-0.15, -0.1) is 0 Å². The molecule has 0 aromatic heterocycles. The van der Waals surface area contributed by atoms with Gasteiger partial charge in [0.1, 0.15) is 0 Å². The van der Waals surface area contributed by atoms with E-state index in [4.69, 9.17) is 11.5 Å². The van der Waals surface area contributed by atoms with Gasteiger partial charge in [0.2, 0.25) is 5.91 Å². The minimum atomic E-state index is 0.134. The van der Waals surface area contributed by atoms with Gasteiger partial charge in [-0.25, -0.2) is 0 Å². The van der Waals surface area contributed by atoms with E-state index in [-0.39, 0.29) is 18.0 Å². The second kappa shape index (κ2) is 7.14. The molecule has 0 spiro atoms. The van der Waals surface area contributed by atoms with Crippen molar-refractivity contribution in [1.82, 2.24) is 5.32 Å². The number of amides is 1. The van der Waals surface area contributed by atoms with E-state index in [0.29, 0.717) is 11.7 Å². The molecular formula is C11H23N3OS. The monoisotopic (exact) mass is 245 g/mol. The van der Waals surface area contributed by atoms with E-state index in [1.54, 1.807) is 0 Å². The van der Waals surface area contributed by atoms with Gasteiger partial charge in [0, 0.05) is 36.1 Å². The van der Waals surface area contributed by atoms with Gasteiger partial charge in [-0.3, -0.25) is 4.79 Å². The lowest BCUT2D eigenvalue weighted by molar-refractivity contribution is -0.121. The Morgan fingerprint density at radius 2 is 2.19 bits per heavy atom. The third-order valence-corrected chi connectivity index (χ3v) is 4.50. The fourth-order valence-electron chi connectivity index (χ4n) is 1.93. The standard InChI is InChI=1S/C11H23N3OS/c1-2-14-10(15)6-4-3-5-9-11(13)8(12)7-16-9/h8-9,11H,2-7,12-13H2,1H3,(H,14,15). The van der Waals surface area contributed by atoms with Crippen molar-refractivity contribution in [3.8, 4) is 0 Å². The summed E-state index contributed by atoms with van der Waals surface area (Å²) in [4.78, 5) is 11.2. The highest BCUT2D eigenvalue weighted by Gasteiger charge is 2.30.